The van der Waals surface area contributed by atoms with Gasteiger partial charge in [-0.1, -0.05) is 0 Å². The molecule has 0 aromatic carbocycles. The number of aromatic nitrogens is 1. The summed E-state index contributed by atoms with van der Waals surface area (Å²) in [7, 11) is 0. The first-order chi connectivity index (χ1) is 11.5. The van der Waals surface area contributed by atoms with Crippen LogP contribution in [-0.4, -0.2) is 59.7 Å². The van der Waals surface area contributed by atoms with Gasteiger partial charge in [-0.3, -0.25) is 5.41 Å². The summed E-state index contributed by atoms with van der Waals surface area (Å²) in [4.78, 5) is 16.5. The molecule has 3 N–H and O–H groups in total. The van der Waals surface area contributed by atoms with E-state index < -0.39 is 5.97 Å². The van der Waals surface area contributed by atoms with E-state index in [1.54, 1.807) is 18.7 Å². The van der Waals surface area contributed by atoms with Crippen LogP contribution in [0, 0.1) is 23.7 Å². The number of esters is 1. The molecule has 1 saturated heterocycles. The molecule has 0 bridgehead atoms. The van der Waals surface area contributed by atoms with Gasteiger partial charge < -0.3 is 24.5 Å². The fourth-order valence-corrected chi connectivity index (χ4v) is 2.45. The molecular formula is C16H20N4O4. The molecule has 8 nitrogen and oxygen atoms in total. The lowest BCUT2D eigenvalue weighted by Crippen LogP contribution is -2.40. The minimum absolute atomic E-state index is 0.0401. The molecule has 1 aromatic heterocycles. The third-order valence-electron chi connectivity index (χ3n) is 3.66. The Bertz CT molecular complexity index is 708. The quantitative estimate of drug-likeness (QED) is 0.332. The Balaban J connectivity index is 2.31. The predicted octanol–water partition coefficient (Wildman–Crippen LogP) is 1.42. The maximum absolute atomic E-state index is 11.9. The van der Waals surface area contributed by atoms with Crippen LogP contribution in [0.2, 0.25) is 0 Å². The second-order valence-electron chi connectivity index (χ2n) is 5.23. The van der Waals surface area contributed by atoms with Gasteiger partial charge >= 0.3 is 5.97 Å². The number of ether oxygens (including phenoxy) is 2. The summed E-state index contributed by atoms with van der Waals surface area (Å²) < 4.78 is 10.1. The molecule has 1 aliphatic rings. The number of hydrogen-bond acceptors (Lipinski definition) is 6. The molecule has 0 aliphatic carbocycles. The van der Waals surface area contributed by atoms with Crippen molar-refractivity contribution in [2.75, 3.05) is 32.9 Å². The van der Waals surface area contributed by atoms with Gasteiger partial charge in [0.05, 0.1) is 31.1 Å². The topological polar surface area (TPSA) is 122 Å². The van der Waals surface area contributed by atoms with Crippen molar-refractivity contribution < 1.29 is 19.4 Å². The zero-order chi connectivity index (χ0) is 17.7. The molecule has 0 unspecified atom stereocenters. The van der Waals surface area contributed by atoms with Crippen LogP contribution >= 0.6 is 0 Å². The number of nitrogens with one attached hydrogen (secondary N) is 2. The normalized spacial score (nSPS) is 15.0. The van der Waals surface area contributed by atoms with Gasteiger partial charge in [-0.25, -0.2) is 4.79 Å². The van der Waals surface area contributed by atoms with E-state index in [1.807, 2.05) is 6.07 Å². The van der Waals surface area contributed by atoms with Crippen molar-refractivity contribution in [2.24, 2.45) is 0 Å². The van der Waals surface area contributed by atoms with Gasteiger partial charge in [-0.05, 0) is 19.9 Å². The summed E-state index contributed by atoms with van der Waals surface area (Å²) in [6.07, 6.45) is 1.36. The number of aryl methyl sites for hydroxylation is 1. The summed E-state index contributed by atoms with van der Waals surface area (Å²) in [5.41, 5.74) is 0.764. The molecule has 2 heterocycles. The van der Waals surface area contributed by atoms with Crippen molar-refractivity contribution in [3.05, 3.63) is 22.5 Å². The molecule has 1 aliphatic heterocycles. The van der Waals surface area contributed by atoms with Crippen LogP contribution in [-0.2, 0) is 9.47 Å². The largest absolute Gasteiger partial charge is 0.505 e. The monoisotopic (exact) mass is 332 g/mol. The number of nitriles is 1. The number of aromatic hydroxyl groups is 1. The Morgan fingerprint density at radius 1 is 1.54 bits per heavy atom. The standard InChI is InChI=1S/C16H20N4O4/c1-3-24-16(22)13-10(2)19-12(14(13)21)8-11(9-17)15(18)20-4-6-23-7-5-20/h8,18-19,21H,3-7H2,1-2H3/b11-8+,18-15?. The van der Waals surface area contributed by atoms with Gasteiger partial charge in [0.25, 0.3) is 0 Å². The summed E-state index contributed by atoms with van der Waals surface area (Å²) >= 11 is 0. The smallest absolute Gasteiger partial charge is 0.343 e. The lowest BCUT2D eigenvalue weighted by molar-refractivity contribution is 0.0522. The fraction of sp³-hybridized carbons (Fsp3) is 0.438. The molecule has 0 radical (unpaired) electrons. The lowest BCUT2D eigenvalue weighted by atomic mass is 10.1. The molecule has 0 atom stereocenters. The van der Waals surface area contributed by atoms with Crippen molar-refractivity contribution in [3.8, 4) is 11.8 Å². The second kappa shape index (κ2) is 7.66. The molecule has 128 valence electrons. The first-order valence-electron chi connectivity index (χ1n) is 7.61. The first kappa shape index (κ1) is 17.6. The van der Waals surface area contributed by atoms with Crippen LogP contribution in [0.1, 0.15) is 28.7 Å². The van der Waals surface area contributed by atoms with Crippen LogP contribution in [0.15, 0.2) is 5.57 Å². The van der Waals surface area contributed by atoms with Crippen LogP contribution in [0.4, 0.5) is 0 Å². The van der Waals surface area contributed by atoms with Gasteiger partial charge in [-0.15, -0.1) is 0 Å². The summed E-state index contributed by atoms with van der Waals surface area (Å²) in [5.74, 6) is -0.858. The molecule has 2 rings (SSSR count). The Hall–Kier alpha value is -2.79. The molecule has 24 heavy (non-hydrogen) atoms. The highest BCUT2D eigenvalue weighted by Crippen LogP contribution is 2.28. The number of carbonyl (C=O) groups is 1. The first-order valence-corrected chi connectivity index (χ1v) is 7.61. The maximum Gasteiger partial charge on any atom is 0.343 e. The van der Waals surface area contributed by atoms with E-state index in [2.05, 4.69) is 4.98 Å². The number of rotatable bonds is 4. The summed E-state index contributed by atoms with van der Waals surface area (Å²) in [6, 6.07) is 1.96. The van der Waals surface area contributed by atoms with Gasteiger partial charge in [-0.2, -0.15) is 5.26 Å². The van der Waals surface area contributed by atoms with Crippen molar-refractivity contribution >= 4 is 17.9 Å². The number of hydrogen-bond donors (Lipinski definition) is 3. The predicted molar refractivity (Wildman–Crippen MR) is 86.9 cm³/mol. The Morgan fingerprint density at radius 3 is 2.79 bits per heavy atom. The van der Waals surface area contributed by atoms with E-state index in [9.17, 15) is 15.2 Å². The summed E-state index contributed by atoms with van der Waals surface area (Å²) in [6.45, 7) is 5.56. The molecule has 0 amide bonds. The fourth-order valence-electron chi connectivity index (χ4n) is 2.45. The van der Waals surface area contributed by atoms with E-state index in [-0.39, 0.29) is 35.0 Å². The van der Waals surface area contributed by atoms with Crippen LogP contribution in [0.25, 0.3) is 6.08 Å². The minimum Gasteiger partial charge on any atom is -0.505 e. The van der Waals surface area contributed by atoms with Crippen LogP contribution in [0.5, 0.6) is 5.75 Å². The average molecular weight is 332 g/mol. The summed E-state index contributed by atoms with van der Waals surface area (Å²) in [5, 5.41) is 27.8. The molecule has 0 spiro atoms. The number of H-pyrrole nitrogens is 1. The second-order valence-corrected chi connectivity index (χ2v) is 5.23. The highest BCUT2D eigenvalue weighted by atomic mass is 16.5. The number of carbonyl (C=O) groups excluding carboxylic acids is 1. The SMILES string of the molecule is CCOC(=O)c1c(C)[nH]c(/C=C(\C#N)C(=N)N2CCOCC2)c1O. The van der Waals surface area contributed by atoms with E-state index in [0.29, 0.717) is 32.0 Å². The molecule has 1 fully saturated rings. The number of morpholine rings is 1. The number of amidine groups is 1. The van der Waals surface area contributed by atoms with Crippen molar-refractivity contribution in [1.82, 2.24) is 9.88 Å². The van der Waals surface area contributed by atoms with Crippen molar-refractivity contribution in [2.45, 2.75) is 13.8 Å². The Kier molecular flexibility index (Phi) is 5.60. The van der Waals surface area contributed by atoms with Crippen LogP contribution in [0.3, 0.4) is 0 Å². The lowest BCUT2D eigenvalue weighted by Gasteiger charge is -2.28. The van der Waals surface area contributed by atoms with Gasteiger partial charge in [0, 0.05) is 18.8 Å². The van der Waals surface area contributed by atoms with Crippen molar-refractivity contribution in [1.29, 1.82) is 10.7 Å². The van der Waals surface area contributed by atoms with Crippen molar-refractivity contribution in [3.63, 3.8) is 0 Å². The zero-order valence-corrected chi connectivity index (χ0v) is 13.7. The third-order valence-corrected chi connectivity index (χ3v) is 3.66. The van der Waals surface area contributed by atoms with Gasteiger partial charge in [0.2, 0.25) is 0 Å². The molecule has 0 saturated carbocycles. The van der Waals surface area contributed by atoms with Gasteiger partial charge in [0.1, 0.15) is 17.5 Å². The highest BCUT2D eigenvalue weighted by Gasteiger charge is 2.23. The van der Waals surface area contributed by atoms with E-state index >= 15 is 0 Å². The van der Waals surface area contributed by atoms with E-state index in [1.165, 1.54) is 6.08 Å². The third kappa shape index (κ3) is 3.58. The Labute approximate surface area is 139 Å². The van der Waals surface area contributed by atoms with E-state index in [0.717, 1.165) is 0 Å². The molecular weight excluding hydrogens is 312 g/mol. The molecule has 1 aromatic rings. The maximum atomic E-state index is 11.9. The number of aromatic amines is 1. The van der Waals surface area contributed by atoms with Crippen LogP contribution < -0.4 is 0 Å². The zero-order valence-electron chi connectivity index (χ0n) is 13.7. The molecule has 8 heteroatoms. The minimum atomic E-state index is -0.634. The average Bonchev–Trinajstić information content (AvgIpc) is 2.86. The van der Waals surface area contributed by atoms with E-state index in [4.69, 9.17) is 14.9 Å². The number of nitrogens with zero attached hydrogens (tertiary/aromatic N) is 2. The highest BCUT2D eigenvalue weighted by molar-refractivity contribution is 6.04. The Morgan fingerprint density at radius 2 is 2.21 bits per heavy atom. The van der Waals surface area contributed by atoms with Gasteiger partial charge in [0.15, 0.2) is 5.75 Å².